The van der Waals surface area contributed by atoms with Crippen LogP contribution in [0.3, 0.4) is 0 Å². The summed E-state index contributed by atoms with van der Waals surface area (Å²) >= 11 is 0. The zero-order chi connectivity index (χ0) is 9.10. The Morgan fingerprint density at radius 1 is 1.23 bits per heavy atom. The molecule has 0 bridgehead atoms. The predicted molar refractivity (Wildman–Crippen MR) is 52.5 cm³/mol. The highest BCUT2D eigenvalue weighted by atomic mass is 14.9. The van der Waals surface area contributed by atoms with Crippen LogP contribution in [0.5, 0.6) is 0 Å². The lowest BCUT2D eigenvalue weighted by Gasteiger charge is -2.01. The van der Waals surface area contributed by atoms with Crippen LogP contribution in [0.15, 0.2) is 42.7 Å². The normalized spacial score (nSPS) is 10.2. The molecule has 2 heterocycles. The van der Waals surface area contributed by atoms with Crippen molar-refractivity contribution in [2.24, 2.45) is 7.05 Å². The molecule has 0 radical (unpaired) electrons. The van der Waals surface area contributed by atoms with Gasteiger partial charge in [0.15, 0.2) is 0 Å². The molecule has 0 spiro atoms. The van der Waals surface area contributed by atoms with Crippen molar-refractivity contribution in [1.29, 1.82) is 0 Å². The summed E-state index contributed by atoms with van der Waals surface area (Å²) in [7, 11) is 2.05. The first-order valence-corrected chi connectivity index (χ1v) is 4.36. The molecule has 2 rings (SSSR count). The molecule has 0 unspecified atom stereocenters. The number of aryl methyl sites for hydroxylation is 1. The average Bonchev–Trinajstić information content (AvgIpc) is 2.54. The number of hydrogen-bond acceptors (Lipinski definition) is 1. The maximum absolute atomic E-state index is 4.28. The summed E-state index contributed by atoms with van der Waals surface area (Å²) in [4.78, 5) is 4.28. The van der Waals surface area contributed by atoms with E-state index in [1.807, 2.05) is 24.4 Å². The van der Waals surface area contributed by atoms with Crippen LogP contribution in [0.2, 0.25) is 0 Å². The fourth-order valence-electron chi connectivity index (χ4n) is 1.37. The standard InChI is InChI=1S/C11H12N2/c1-13-8-4-6-11(13)9-10-5-2-3-7-12-10/h2-8H,9H2,1H3. The van der Waals surface area contributed by atoms with Gasteiger partial charge in [0, 0.05) is 37.3 Å². The predicted octanol–water partition coefficient (Wildman–Crippen LogP) is 2.01. The fourth-order valence-corrected chi connectivity index (χ4v) is 1.37. The molecule has 0 saturated heterocycles. The van der Waals surface area contributed by atoms with Gasteiger partial charge in [-0.2, -0.15) is 0 Å². The Hall–Kier alpha value is -1.57. The van der Waals surface area contributed by atoms with Crippen LogP contribution in [0, 0.1) is 0 Å². The van der Waals surface area contributed by atoms with Gasteiger partial charge in [-0.1, -0.05) is 6.07 Å². The van der Waals surface area contributed by atoms with E-state index in [9.17, 15) is 0 Å². The van der Waals surface area contributed by atoms with E-state index in [2.05, 4.69) is 34.9 Å². The third kappa shape index (κ3) is 1.78. The monoisotopic (exact) mass is 172 g/mol. The molecule has 2 heteroatoms. The first-order chi connectivity index (χ1) is 6.36. The van der Waals surface area contributed by atoms with Crippen LogP contribution < -0.4 is 0 Å². The Balaban J connectivity index is 2.20. The number of pyridine rings is 1. The minimum atomic E-state index is 0.907. The minimum absolute atomic E-state index is 0.907. The lowest BCUT2D eigenvalue weighted by atomic mass is 10.2. The maximum atomic E-state index is 4.28. The van der Waals surface area contributed by atoms with Crippen molar-refractivity contribution in [3.05, 3.63) is 54.1 Å². The second-order valence-corrected chi connectivity index (χ2v) is 3.11. The molecule has 0 atom stereocenters. The van der Waals surface area contributed by atoms with Gasteiger partial charge in [-0.05, 0) is 24.3 Å². The van der Waals surface area contributed by atoms with Gasteiger partial charge < -0.3 is 4.57 Å². The highest BCUT2D eigenvalue weighted by Crippen LogP contribution is 2.06. The van der Waals surface area contributed by atoms with E-state index in [0.717, 1.165) is 12.1 Å². The van der Waals surface area contributed by atoms with Gasteiger partial charge in [0.2, 0.25) is 0 Å². The quantitative estimate of drug-likeness (QED) is 0.677. The Morgan fingerprint density at radius 3 is 2.77 bits per heavy atom. The van der Waals surface area contributed by atoms with Gasteiger partial charge in [-0.15, -0.1) is 0 Å². The van der Waals surface area contributed by atoms with Gasteiger partial charge in [-0.3, -0.25) is 4.98 Å². The third-order valence-corrected chi connectivity index (χ3v) is 2.14. The van der Waals surface area contributed by atoms with Crippen LogP contribution >= 0.6 is 0 Å². The Labute approximate surface area is 77.9 Å². The van der Waals surface area contributed by atoms with E-state index in [1.54, 1.807) is 0 Å². The second-order valence-electron chi connectivity index (χ2n) is 3.11. The van der Waals surface area contributed by atoms with Crippen molar-refractivity contribution < 1.29 is 0 Å². The summed E-state index contributed by atoms with van der Waals surface area (Å²) in [5.41, 5.74) is 2.41. The van der Waals surface area contributed by atoms with Gasteiger partial charge in [0.05, 0.1) is 0 Å². The highest BCUT2D eigenvalue weighted by molar-refractivity contribution is 5.16. The third-order valence-electron chi connectivity index (χ3n) is 2.14. The molecule has 0 N–H and O–H groups in total. The van der Waals surface area contributed by atoms with Crippen molar-refractivity contribution in [2.75, 3.05) is 0 Å². The van der Waals surface area contributed by atoms with E-state index in [-0.39, 0.29) is 0 Å². The first-order valence-electron chi connectivity index (χ1n) is 4.36. The highest BCUT2D eigenvalue weighted by Gasteiger charge is 1.98. The van der Waals surface area contributed by atoms with Crippen LogP contribution in [0.1, 0.15) is 11.4 Å². The van der Waals surface area contributed by atoms with Gasteiger partial charge in [-0.25, -0.2) is 0 Å². The molecule has 2 aromatic rings. The average molecular weight is 172 g/mol. The van der Waals surface area contributed by atoms with Gasteiger partial charge in [0.1, 0.15) is 0 Å². The molecule has 2 nitrogen and oxygen atoms in total. The smallest absolute Gasteiger partial charge is 0.0462 e. The molecule has 0 saturated carbocycles. The minimum Gasteiger partial charge on any atom is -0.354 e. The van der Waals surface area contributed by atoms with Crippen molar-refractivity contribution in [3.8, 4) is 0 Å². The summed E-state index contributed by atoms with van der Waals surface area (Å²) in [5.74, 6) is 0. The molecular weight excluding hydrogens is 160 g/mol. The molecule has 0 aromatic carbocycles. The summed E-state index contributed by atoms with van der Waals surface area (Å²) in [6.07, 6.45) is 4.79. The Morgan fingerprint density at radius 2 is 2.15 bits per heavy atom. The van der Waals surface area contributed by atoms with E-state index in [4.69, 9.17) is 0 Å². The van der Waals surface area contributed by atoms with E-state index < -0.39 is 0 Å². The molecule has 66 valence electrons. The van der Waals surface area contributed by atoms with Crippen molar-refractivity contribution >= 4 is 0 Å². The van der Waals surface area contributed by atoms with E-state index in [1.165, 1.54) is 5.69 Å². The zero-order valence-electron chi connectivity index (χ0n) is 7.64. The molecule has 0 fully saturated rings. The molecule has 13 heavy (non-hydrogen) atoms. The SMILES string of the molecule is Cn1cccc1Cc1ccccn1. The zero-order valence-corrected chi connectivity index (χ0v) is 7.64. The number of hydrogen-bond donors (Lipinski definition) is 0. The molecular formula is C11H12N2. The lowest BCUT2D eigenvalue weighted by molar-refractivity contribution is 0.840. The van der Waals surface area contributed by atoms with Crippen LogP contribution in [0.25, 0.3) is 0 Å². The summed E-state index contributed by atoms with van der Waals surface area (Å²) in [6.45, 7) is 0. The molecule has 0 aliphatic carbocycles. The Bertz CT molecular complexity index is 376. The largest absolute Gasteiger partial charge is 0.354 e. The molecule has 0 amide bonds. The van der Waals surface area contributed by atoms with Crippen molar-refractivity contribution in [3.63, 3.8) is 0 Å². The fraction of sp³-hybridized carbons (Fsp3) is 0.182. The Kier molecular flexibility index (Phi) is 2.13. The van der Waals surface area contributed by atoms with E-state index >= 15 is 0 Å². The van der Waals surface area contributed by atoms with E-state index in [0.29, 0.717) is 0 Å². The second kappa shape index (κ2) is 3.44. The summed E-state index contributed by atoms with van der Waals surface area (Å²) in [5, 5.41) is 0. The van der Waals surface area contributed by atoms with Crippen LogP contribution in [-0.2, 0) is 13.5 Å². The van der Waals surface area contributed by atoms with Gasteiger partial charge in [0.25, 0.3) is 0 Å². The molecule has 2 aromatic heterocycles. The lowest BCUT2D eigenvalue weighted by Crippen LogP contribution is -1.97. The summed E-state index contributed by atoms with van der Waals surface area (Å²) < 4.78 is 2.12. The van der Waals surface area contributed by atoms with Crippen LogP contribution in [-0.4, -0.2) is 9.55 Å². The van der Waals surface area contributed by atoms with Gasteiger partial charge >= 0.3 is 0 Å². The number of rotatable bonds is 2. The van der Waals surface area contributed by atoms with Crippen molar-refractivity contribution in [1.82, 2.24) is 9.55 Å². The summed E-state index contributed by atoms with van der Waals surface area (Å²) in [6, 6.07) is 10.2. The first kappa shape index (κ1) is 8.05. The number of nitrogens with zero attached hydrogens (tertiary/aromatic N) is 2. The molecule has 0 aliphatic rings. The maximum Gasteiger partial charge on any atom is 0.0462 e. The van der Waals surface area contributed by atoms with Crippen LogP contribution in [0.4, 0.5) is 0 Å². The topological polar surface area (TPSA) is 17.8 Å². The van der Waals surface area contributed by atoms with Crippen molar-refractivity contribution in [2.45, 2.75) is 6.42 Å². The number of aromatic nitrogens is 2. The molecule has 0 aliphatic heterocycles.